The Kier molecular flexibility index (Phi) is 6.40. The van der Waals surface area contributed by atoms with Crippen molar-refractivity contribution >= 4 is 17.7 Å². The molecule has 1 N–H and O–H groups in total. The Balaban J connectivity index is 1.48. The summed E-state index contributed by atoms with van der Waals surface area (Å²) in [4.78, 5) is 12.8. The van der Waals surface area contributed by atoms with Gasteiger partial charge in [0.2, 0.25) is 5.91 Å². The molecule has 1 aliphatic carbocycles. The summed E-state index contributed by atoms with van der Waals surface area (Å²) < 4.78 is 5.52. The van der Waals surface area contributed by atoms with E-state index in [0.29, 0.717) is 12.3 Å². The van der Waals surface area contributed by atoms with Gasteiger partial charge in [-0.15, -0.1) is 11.8 Å². The molecule has 20 heavy (non-hydrogen) atoms. The van der Waals surface area contributed by atoms with Gasteiger partial charge < -0.3 is 10.1 Å². The number of carbonyl (C=O) groups excluding carboxylic acids is 1. The molecule has 0 aliphatic heterocycles. The number of carbonyl (C=O) groups is 1. The fourth-order valence-corrected chi connectivity index (χ4v) is 2.50. The summed E-state index contributed by atoms with van der Waals surface area (Å²) in [7, 11) is 0. The van der Waals surface area contributed by atoms with Gasteiger partial charge in [-0.25, -0.2) is 0 Å². The van der Waals surface area contributed by atoms with Crippen LogP contribution in [0.25, 0.3) is 0 Å². The molecule has 0 atom stereocenters. The van der Waals surface area contributed by atoms with Crippen LogP contribution < -0.4 is 5.32 Å². The second-order valence-corrected chi connectivity index (χ2v) is 6.37. The number of aryl methyl sites for hydroxylation is 1. The quantitative estimate of drug-likeness (QED) is 0.562. The van der Waals surface area contributed by atoms with Crippen molar-refractivity contribution in [2.45, 2.75) is 31.1 Å². The fourth-order valence-electron chi connectivity index (χ4n) is 1.77. The number of benzene rings is 1. The first-order valence-electron chi connectivity index (χ1n) is 7.28. The van der Waals surface area contributed by atoms with E-state index >= 15 is 0 Å². The molecule has 0 unspecified atom stereocenters. The van der Waals surface area contributed by atoms with E-state index in [1.165, 1.54) is 18.4 Å². The van der Waals surface area contributed by atoms with Crippen molar-refractivity contribution < 1.29 is 9.53 Å². The van der Waals surface area contributed by atoms with Gasteiger partial charge >= 0.3 is 0 Å². The minimum absolute atomic E-state index is 0.0952. The van der Waals surface area contributed by atoms with Gasteiger partial charge in [0.25, 0.3) is 0 Å². The topological polar surface area (TPSA) is 38.3 Å². The van der Waals surface area contributed by atoms with Crippen LogP contribution in [-0.2, 0) is 9.53 Å². The van der Waals surface area contributed by atoms with Gasteiger partial charge in [-0.3, -0.25) is 4.79 Å². The Morgan fingerprint density at radius 1 is 1.35 bits per heavy atom. The maximum Gasteiger partial charge on any atom is 0.230 e. The zero-order chi connectivity index (χ0) is 14.2. The lowest BCUT2D eigenvalue weighted by atomic mass is 10.2. The van der Waals surface area contributed by atoms with E-state index in [1.54, 1.807) is 11.8 Å². The van der Waals surface area contributed by atoms with Crippen LogP contribution >= 0.6 is 11.8 Å². The summed E-state index contributed by atoms with van der Waals surface area (Å²) >= 11 is 1.57. The molecule has 4 heteroatoms. The molecule has 0 aromatic heterocycles. The van der Waals surface area contributed by atoms with Crippen LogP contribution in [0.3, 0.4) is 0 Å². The molecule has 1 fully saturated rings. The molecular formula is C16H23NO2S. The molecule has 0 radical (unpaired) electrons. The van der Waals surface area contributed by atoms with Crippen LogP contribution in [0.15, 0.2) is 29.2 Å². The van der Waals surface area contributed by atoms with E-state index in [9.17, 15) is 4.79 Å². The number of thioether (sulfide) groups is 1. The standard InChI is InChI=1S/C16H23NO2S/c1-13-3-7-15(8-4-13)20-12-16(18)17-9-2-10-19-11-14-5-6-14/h3-4,7-8,14H,2,5-6,9-12H2,1H3,(H,17,18). The van der Waals surface area contributed by atoms with Crippen molar-refractivity contribution in [3.05, 3.63) is 29.8 Å². The minimum Gasteiger partial charge on any atom is -0.381 e. The number of rotatable bonds is 9. The predicted molar refractivity (Wildman–Crippen MR) is 83.1 cm³/mol. The van der Waals surface area contributed by atoms with Crippen LogP contribution in [0.1, 0.15) is 24.8 Å². The van der Waals surface area contributed by atoms with Crippen LogP contribution in [0.4, 0.5) is 0 Å². The highest BCUT2D eigenvalue weighted by Crippen LogP contribution is 2.28. The van der Waals surface area contributed by atoms with Crippen molar-refractivity contribution in [1.29, 1.82) is 0 Å². The molecule has 1 amide bonds. The molecule has 0 spiro atoms. The fraction of sp³-hybridized carbons (Fsp3) is 0.562. The number of hydrogen-bond donors (Lipinski definition) is 1. The van der Waals surface area contributed by atoms with Gasteiger partial charge in [0.05, 0.1) is 5.75 Å². The third-order valence-electron chi connectivity index (χ3n) is 3.23. The molecule has 0 bridgehead atoms. The summed E-state index contributed by atoms with van der Waals surface area (Å²) in [5, 5.41) is 2.93. The average molecular weight is 293 g/mol. The lowest BCUT2D eigenvalue weighted by Gasteiger charge is -2.06. The zero-order valence-corrected chi connectivity index (χ0v) is 12.9. The van der Waals surface area contributed by atoms with Gasteiger partial charge in [-0.2, -0.15) is 0 Å². The van der Waals surface area contributed by atoms with Crippen LogP contribution in [0.2, 0.25) is 0 Å². The molecule has 1 aliphatic rings. The largest absolute Gasteiger partial charge is 0.381 e. The van der Waals surface area contributed by atoms with Gasteiger partial charge in [-0.1, -0.05) is 17.7 Å². The summed E-state index contributed by atoms with van der Waals surface area (Å²) in [6.07, 6.45) is 3.55. The van der Waals surface area contributed by atoms with Crippen LogP contribution in [-0.4, -0.2) is 31.4 Å². The summed E-state index contributed by atoms with van der Waals surface area (Å²) in [5.74, 6) is 1.39. The Labute approximate surface area is 125 Å². The highest BCUT2D eigenvalue weighted by Gasteiger charge is 2.20. The summed E-state index contributed by atoms with van der Waals surface area (Å²) in [6, 6.07) is 8.24. The van der Waals surface area contributed by atoms with Crippen LogP contribution in [0, 0.1) is 12.8 Å². The molecule has 0 saturated heterocycles. The smallest absolute Gasteiger partial charge is 0.230 e. The maximum atomic E-state index is 11.7. The highest BCUT2D eigenvalue weighted by molar-refractivity contribution is 8.00. The molecular weight excluding hydrogens is 270 g/mol. The predicted octanol–water partition coefficient (Wildman–Crippen LogP) is 3.02. The van der Waals surface area contributed by atoms with Crippen molar-refractivity contribution in [2.24, 2.45) is 5.92 Å². The number of ether oxygens (including phenoxy) is 1. The van der Waals surface area contributed by atoms with E-state index in [1.807, 2.05) is 0 Å². The lowest BCUT2D eigenvalue weighted by molar-refractivity contribution is -0.118. The Morgan fingerprint density at radius 3 is 2.80 bits per heavy atom. The third kappa shape index (κ3) is 6.44. The first kappa shape index (κ1) is 15.4. The third-order valence-corrected chi connectivity index (χ3v) is 4.24. The minimum atomic E-state index is 0.0952. The highest BCUT2D eigenvalue weighted by atomic mass is 32.2. The van der Waals surface area contributed by atoms with Crippen molar-refractivity contribution in [1.82, 2.24) is 5.32 Å². The van der Waals surface area contributed by atoms with Gasteiger partial charge in [0, 0.05) is 24.7 Å². The number of nitrogens with one attached hydrogen (secondary N) is 1. The molecule has 0 heterocycles. The van der Waals surface area contributed by atoms with Crippen molar-refractivity contribution in [3.8, 4) is 0 Å². The van der Waals surface area contributed by atoms with E-state index in [0.717, 1.165) is 30.4 Å². The van der Waals surface area contributed by atoms with Gasteiger partial charge in [-0.05, 0) is 44.2 Å². The normalized spacial score (nSPS) is 14.2. The van der Waals surface area contributed by atoms with Crippen molar-refractivity contribution in [3.63, 3.8) is 0 Å². The van der Waals surface area contributed by atoms with Crippen molar-refractivity contribution in [2.75, 3.05) is 25.5 Å². The SMILES string of the molecule is Cc1ccc(SCC(=O)NCCCOCC2CC2)cc1. The van der Waals surface area contributed by atoms with E-state index in [2.05, 4.69) is 36.5 Å². The average Bonchev–Trinajstić information content (AvgIpc) is 3.26. The number of amides is 1. The number of hydrogen-bond acceptors (Lipinski definition) is 3. The second kappa shape index (κ2) is 8.32. The van der Waals surface area contributed by atoms with Crippen LogP contribution in [0.5, 0.6) is 0 Å². The molecule has 3 nitrogen and oxygen atoms in total. The van der Waals surface area contributed by atoms with E-state index in [4.69, 9.17) is 4.74 Å². The second-order valence-electron chi connectivity index (χ2n) is 5.32. The lowest BCUT2D eigenvalue weighted by Crippen LogP contribution is -2.26. The first-order valence-corrected chi connectivity index (χ1v) is 8.26. The zero-order valence-electron chi connectivity index (χ0n) is 12.1. The Bertz CT molecular complexity index is 415. The molecule has 1 aromatic rings. The molecule has 2 rings (SSSR count). The molecule has 1 saturated carbocycles. The Morgan fingerprint density at radius 2 is 2.10 bits per heavy atom. The van der Waals surface area contributed by atoms with E-state index in [-0.39, 0.29) is 5.91 Å². The summed E-state index contributed by atoms with van der Waals surface area (Å²) in [5.41, 5.74) is 1.24. The maximum absolute atomic E-state index is 11.7. The molecule has 1 aromatic carbocycles. The van der Waals surface area contributed by atoms with Gasteiger partial charge in [0.15, 0.2) is 0 Å². The first-order chi connectivity index (χ1) is 9.74. The summed E-state index contributed by atoms with van der Waals surface area (Å²) in [6.45, 7) is 4.42. The van der Waals surface area contributed by atoms with Gasteiger partial charge in [0.1, 0.15) is 0 Å². The molecule has 110 valence electrons. The Hall–Kier alpha value is -1.00. The van der Waals surface area contributed by atoms with E-state index < -0.39 is 0 Å². The monoisotopic (exact) mass is 293 g/mol.